The molecule has 0 amide bonds. The van der Waals surface area contributed by atoms with Crippen molar-refractivity contribution in [2.24, 2.45) is 17.8 Å². The van der Waals surface area contributed by atoms with E-state index in [9.17, 15) is 29.7 Å². The predicted octanol–water partition coefficient (Wildman–Crippen LogP) is 6.78. The number of hydrogen-bond acceptors (Lipinski definition) is 8. The third-order valence-corrected chi connectivity index (χ3v) is 8.60. The number of carbonyl (C=O) groups is 3. The lowest BCUT2D eigenvalue weighted by Crippen LogP contribution is -2.25. The second-order valence-corrected chi connectivity index (χ2v) is 12.7. The first-order chi connectivity index (χ1) is 21.2. The van der Waals surface area contributed by atoms with E-state index in [0.29, 0.717) is 32.1 Å². The normalized spacial score (nSPS) is 20.8. The van der Waals surface area contributed by atoms with Gasteiger partial charge in [0.2, 0.25) is 0 Å². The first-order valence-electron chi connectivity index (χ1n) is 17.4. The van der Waals surface area contributed by atoms with E-state index in [1.807, 2.05) is 12.2 Å². The van der Waals surface area contributed by atoms with E-state index in [1.54, 1.807) is 12.2 Å². The van der Waals surface area contributed by atoms with Crippen LogP contribution in [0.4, 0.5) is 0 Å². The maximum absolute atomic E-state index is 12.4. The van der Waals surface area contributed by atoms with Crippen molar-refractivity contribution >= 4 is 17.7 Å². The molecular weight excluding hydrogens is 560 g/mol. The van der Waals surface area contributed by atoms with Gasteiger partial charge in [0.15, 0.2) is 0 Å². The molecule has 0 radical (unpaired) electrons. The molecule has 1 aliphatic rings. The topological polar surface area (TPSA) is 130 Å². The van der Waals surface area contributed by atoms with Crippen molar-refractivity contribution in [1.82, 2.24) is 0 Å². The molecule has 254 valence electrons. The molecule has 8 heteroatoms. The number of ketones is 1. The molecule has 0 aromatic rings. The summed E-state index contributed by atoms with van der Waals surface area (Å²) in [6.45, 7) is 6.23. The van der Waals surface area contributed by atoms with Gasteiger partial charge in [-0.25, -0.2) is 0 Å². The number of unbranched alkanes of at least 4 members (excludes halogenated alkanes) is 8. The Morgan fingerprint density at radius 3 is 2.14 bits per heavy atom. The molecule has 0 aromatic carbocycles. The second kappa shape index (κ2) is 25.2. The molecule has 0 spiro atoms. The third-order valence-electron chi connectivity index (χ3n) is 8.60. The van der Waals surface area contributed by atoms with Crippen LogP contribution in [0.1, 0.15) is 136 Å². The number of esters is 2. The van der Waals surface area contributed by atoms with Crippen LogP contribution in [0.5, 0.6) is 0 Å². The molecule has 0 heterocycles. The molecular formula is C36H62O8. The molecule has 1 rings (SSSR count). The van der Waals surface area contributed by atoms with E-state index >= 15 is 0 Å². The molecule has 0 aliphatic heterocycles. The Morgan fingerprint density at radius 2 is 1.48 bits per heavy atom. The number of rotatable bonds is 26. The van der Waals surface area contributed by atoms with Gasteiger partial charge in [0, 0.05) is 31.1 Å². The number of aliphatic hydroxyl groups is 3. The highest BCUT2D eigenvalue weighted by atomic mass is 16.6. The fraction of sp³-hybridized carbons (Fsp3) is 0.806. The van der Waals surface area contributed by atoms with Gasteiger partial charge in [0.05, 0.1) is 12.2 Å². The molecule has 0 aromatic heterocycles. The Bertz CT molecular complexity index is 838. The summed E-state index contributed by atoms with van der Waals surface area (Å²) >= 11 is 0. The van der Waals surface area contributed by atoms with Crippen molar-refractivity contribution in [3.05, 3.63) is 24.3 Å². The zero-order valence-electron chi connectivity index (χ0n) is 27.8. The van der Waals surface area contributed by atoms with Crippen LogP contribution in [0.15, 0.2) is 24.3 Å². The van der Waals surface area contributed by atoms with Crippen LogP contribution < -0.4 is 0 Å². The summed E-state index contributed by atoms with van der Waals surface area (Å²) in [5, 5.41) is 30.5. The quantitative estimate of drug-likeness (QED) is 0.0547. The highest BCUT2D eigenvalue weighted by molar-refractivity contribution is 5.84. The number of aliphatic hydroxyl groups excluding tert-OH is 3. The maximum atomic E-state index is 12.4. The van der Waals surface area contributed by atoms with Crippen molar-refractivity contribution in [3.63, 3.8) is 0 Å². The molecule has 0 saturated heterocycles. The summed E-state index contributed by atoms with van der Waals surface area (Å²) in [6, 6.07) is 0. The number of carbonyl (C=O) groups excluding carboxylic acids is 3. The Labute approximate surface area is 266 Å². The molecule has 6 atom stereocenters. The summed E-state index contributed by atoms with van der Waals surface area (Å²) in [6.07, 6.45) is 20.3. The van der Waals surface area contributed by atoms with Gasteiger partial charge in [0.1, 0.15) is 25.1 Å². The molecule has 3 N–H and O–H groups in total. The number of ether oxygens (including phenoxy) is 2. The molecule has 44 heavy (non-hydrogen) atoms. The van der Waals surface area contributed by atoms with E-state index in [2.05, 4.69) is 20.8 Å². The second-order valence-electron chi connectivity index (χ2n) is 12.7. The summed E-state index contributed by atoms with van der Waals surface area (Å²) in [5.74, 6) is -0.537. The lowest BCUT2D eigenvalue weighted by molar-refractivity contribution is -0.152. The van der Waals surface area contributed by atoms with Crippen LogP contribution in [-0.2, 0) is 23.9 Å². The first-order valence-corrected chi connectivity index (χ1v) is 17.4. The van der Waals surface area contributed by atoms with E-state index in [4.69, 9.17) is 9.47 Å². The molecule has 1 unspecified atom stereocenters. The summed E-state index contributed by atoms with van der Waals surface area (Å²) in [4.78, 5) is 36.3. The monoisotopic (exact) mass is 622 g/mol. The average molecular weight is 623 g/mol. The smallest absolute Gasteiger partial charge is 0.305 e. The first kappa shape index (κ1) is 40.0. The average Bonchev–Trinajstić information content (AvgIpc) is 3.27. The number of hydrogen-bond donors (Lipinski definition) is 3. The summed E-state index contributed by atoms with van der Waals surface area (Å²) in [7, 11) is 0. The molecule has 0 bridgehead atoms. The predicted molar refractivity (Wildman–Crippen MR) is 174 cm³/mol. The van der Waals surface area contributed by atoms with Gasteiger partial charge in [-0.3, -0.25) is 14.4 Å². The fourth-order valence-corrected chi connectivity index (χ4v) is 5.45. The van der Waals surface area contributed by atoms with E-state index in [-0.39, 0.29) is 49.6 Å². The highest BCUT2D eigenvalue weighted by Gasteiger charge is 2.39. The van der Waals surface area contributed by atoms with Crippen LogP contribution in [0, 0.1) is 17.8 Å². The van der Waals surface area contributed by atoms with Gasteiger partial charge in [0.25, 0.3) is 0 Å². The van der Waals surface area contributed by atoms with Crippen molar-refractivity contribution in [2.75, 3.05) is 13.2 Å². The van der Waals surface area contributed by atoms with Crippen LogP contribution >= 0.6 is 0 Å². The van der Waals surface area contributed by atoms with Gasteiger partial charge in [-0.2, -0.15) is 0 Å². The summed E-state index contributed by atoms with van der Waals surface area (Å²) < 4.78 is 10.2. The highest BCUT2D eigenvalue weighted by Crippen LogP contribution is 2.33. The van der Waals surface area contributed by atoms with Crippen LogP contribution in [0.3, 0.4) is 0 Å². The van der Waals surface area contributed by atoms with Crippen molar-refractivity contribution in [3.8, 4) is 0 Å². The minimum Gasteiger partial charge on any atom is -0.463 e. The Balaban J connectivity index is 2.13. The zero-order valence-corrected chi connectivity index (χ0v) is 27.8. The van der Waals surface area contributed by atoms with Gasteiger partial charge in [-0.15, -0.1) is 0 Å². The minimum atomic E-state index is -1.05. The fourth-order valence-electron chi connectivity index (χ4n) is 5.45. The largest absolute Gasteiger partial charge is 0.463 e. The molecule has 8 nitrogen and oxygen atoms in total. The van der Waals surface area contributed by atoms with E-state index < -0.39 is 24.3 Å². The Morgan fingerprint density at radius 1 is 0.864 bits per heavy atom. The zero-order chi connectivity index (χ0) is 32.6. The van der Waals surface area contributed by atoms with Crippen LogP contribution in [0.2, 0.25) is 0 Å². The lowest BCUT2D eigenvalue weighted by atomic mass is 9.90. The number of Topliss-reactive ketones (excluding diaryl/α,β-unsaturated/α-hetero) is 1. The van der Waals surface area contributed by atoms with E-state index in [0.717, 1.165) is 44.4 Å². The lowest BCUT2D eigenvalue weighted by Gasteiger charge is -2.16. The van der Waals surface area contributed by atoms with Crippen molar-refractivity contribution in [1.29, 1.82) is 0 Å². The minimum absolute atomic E-state index is 0.0309. The van der Waals surface area contributed by atoms with Gasteiger partial charge in [-0.05, 0) is 38.0 Å². The molecule has 1 saturated carbocycles. The standard InChI is InChI=1S/C36H62O8/c1-4-6-13-19-29(37)23-24-32-31(33(39)25-34(32)40)20-15-11-12-17-22-36(42)44-27-30(38)26-43-35(41)21-16-10-8-7-9-14-18-28(3)5-2/h11,15,23-24,28-32,34,37-38,40H,4-10,12-14,16-22,25-27H2,1-3H3/b15-11-,24-23+/t28?,29-,30+,31+,32+,34+/m0/s1. The van der Waals surface area contributed by atoms with Crippen LogP contribution in [0.25, 0.3) is 0 Å². The Hall–Kier alpha value is -2.03. The van der Waals surface area contributed by atoms with E-state index in [1.165, 1.54) is 32.1 Å². The van der Waals surface area contributed by atoms with Gasteiger partial charge in [-0.1, -0.05) is 109 Å². The Kier molecular flexibility index (Phi) is 22.9. The molecule has 1 aliphatic carbocycles. The maximum Gasteiger partial charge on any atom is 0.305 e. The third kappa shape index (κ3) is 19.4. The SMILES string of the molecule is CCCCC[C@H](O)/C=C/[C@H]1[C@H](O)CC(=O)[C@@H]1C/C=C\CCCC(=O)OC[C@H](O)COC(=O)CCCCCCCCC(C)CC. The van der Waals surface area contributed by atoms with Gasteiger partial charge < -0.3 is 24.8 Å². The van der Waals surface area contributed by atoms with Crippen LogP contribution in [-0.4, -0.2) is 64.6 Å². The van der Waals surface area contributed by atoms with Crippen molar-refractivity contribution < 1.29 is 39.2 Å². The van der Waals surface area contributed by atoms with Crippen molar-refractivity contribution in [2.45, 2.75) is 155 Å². The number of allylic oxidation sites excluding steroid dienone is 2. The molecule has 1 fully saturated rings. The summed E-state index contributed by atoms with van der Waals surface area (Å²) in [5.41, 5.74) is 0. The van der Waals surface area contributed by atoms with Gasteiger partial charge >= 0.3 is 11.9 Å².